The summed E-state index contributed by atoms with van der Waals surface area (Å²) in [5.74, 6) is -1.11. The number of rotatable bonds is 5. The smallest absolute Gasteiger partial charge is 0.193 e. The lowest BCUT2D eigenvalue weighted by Crippen LogP contribution is -2.11. The average molecular weight is 327 g/mol. The van der Waals surface area contributed by atoms with Crippen molar-refractivity contribution in [2.24, 2.45) is 0 Å². The lowest BCUT2D eigenvalue weighted by molar-refractivity contribution is -0.243. The van der Waals surface area contributed by atoms with Gasteiger partial charge in [0.2, 0.25) is 0 Å². The molecule has 0 aliphatic carbocycles. The fraction of sp³-hybridized carbons (Fsp3) is 0. The van der Waals surface area contributed by atoms with Crippen LogP contribution in [0.1, 0.15) is 31.8 Å². The summed E-state index contributed by atoms with van der Waals surface area (Å²) in [5, 5.41) is 12.2. The molecule has 0 bridgehead atoms. The first kappa shape index (κ1) is 16.4. The number of hydrogen-bond acceptors (Lipinski definition) is 3. The summed E-state index contributed by atoms with van der Waals surface area (Å²) in [6, 6.07) is 23.8. The molecular weight excluding hydrogens is 312 g/mol. The Kier molecular flexibility index (Phi) is 4.86. The fourth-order valence-electron chi connectivity index (χ4n) is 2.52. The van der Waals surface area contributed by atoms with E-state index >= 15 is 0 Å². The van der Waals surface area contributed by atoms with Gasteiger partial charge in [-0.1, -0.05) is 90.7 Å². The number of benzene rings is 3. The van der Waals surface area contributed by atoms with Crippen molar-refractivity contribution in [1.29, 1.82) is 0 Å². The van der Waals surface area contributed by atoms with E-state index < -0.39 is 5.78 Å². The molecule has 0 atom stereocenters. The molecular formula is C22H15O3-. The predicted molar refractivity (Wildman–Crippen MR) is 95.1 cm³/mol. The van der Waals surface area contributed by atoms with Crippen molar-refractivity contribution in [2.45, 2.75) is 0 Å². The van der Waals surface area contributed by atoms with Gasteiger partial charge in [0.25, 0.3) is 0 Å². The maximum atomic E-state index is 12.7. The number of ketones is 2. The van der Waals surface area contributed by atoms with Gasteiger partial charge in [-0.25, -0.2) is 0 Å². The Morgan fingerprint density at radius 2 is 1.12 bits per heavy atom. The second-order valence-corrected chi connectivity index (χ2v) is 5.48. The Morgan fingerprint density at radius 3 is 1.72 bits per heavy atom. The van der Waals surface area contributed by atoms with Gasteiger partial charge >= 0.3 is 0 Å². The van der Waals surface area contributed by atoms with E-state index in [1.165, 1.54) is 0 Å². The van der Waals surface area contributed by atoms with Crippen molar-refractivity contribution in [1.82, 2.24) is 0 Å². The fourth-order valence-corrected chi connectivity index (χ4v) is 2.52. The Labute approximate surface area is 145 Å². The monoisotopic (exact) mass is 327 g/mol. The van der Waals surface area contributed by atoms with Crippen molar-refractivity contribution >= 4 is 17.3 Å². The molecule has 3 heteroatoms. The SMILES string of the molecule is O=C(/C=C(\[O-])c1ccccc1)c1ccccc1C(=O)c1ccccc1. The molecule has 0 aromatic heterocycles. The van der Waals surface area contributed by atoms with Gasteiger partial charge in [0.05, 0.1) is 0 Å². The van der Waals surface area contributed by atoms with Crippen molar-refractivity contribution in [3.8, 4) is 0 Å². The minimum absolute atomic E-state index is 0.223. The zero-order chi connectivity index (χ0) is 17.6. The molecule has 3 nitrogen and oxygen atoms in total. The zero-order valence-corrected chi connectivity index (χ0v) is 13.4. The van der Waals surface area contributed by atoms with Crippen LogP contribution in [-0.4, -0.2) is 11.6 Å². The largest absolute Gasteiger partial charge is 0.872 e. The highest BCUT2D eigenvalue weighted by molar-refractivity contribution is 6.18. The van der Waals surface area contributed by atoms with Gasteiger partial charge in [0.1, 0.15) is 0 Å². The van der Waals surface area contributed by atoms with Crippen LogP contribution in [0.3, 0.4) is 0 Å². The van der Waals surface area contributed by atoms with Gasteiger partial charge in [0.15, 0.2) is 11.6 Å². The van der Waals surface area contributed by atoms with Gasteiger partial charge in [-0.2, -0.15) is 0 Å². The summed E-state index contributed by atoms with van der Waals surface area (Å²) in [7, 11) is 0. The molecule has 0 N–H and O–H groups in total. The molecule has 0 fully saturated rings. The van der Waals surface area contributed by atoms with Crippen LogP contribution in [0.15, 0.2) is 91.0 Å². The van der Waals surface area contributed by atoms with Crippen LogP contribution in [0.2, 0.25) is 0 Å². The summed E-state index contributed by atoms with van der Waals surface area (Å²) in [6.07, 6.45) is 1.03. The van der Waals surface area contributed by atoms with Gasteiger partial charge in [-0.3, -0.25) is 9.59 Å². The summed E-state index contributed by atoms with van der Waals surface area (Å²) in [5.41, 5.74) is 1.44. The van der Waals surface area contributed by atoms with E-state index in [0.717, 1.165) is 6.08 Å². The van der Waals surface area contributed by atoms with E-state index in [0.29, 0.717) is 11.1 Å². The molecule has 25 heavy (non-hydrogen) atoms. The van der Waals surface area contributed by atoms with E-state index in [1.54, 1.807) is 78.9 Å². The molecule has 3 rings (SSSR count). The predicted octanol–water partition coefficient (Wildman–Crippen LogP) is 3.50. The standard InChI is InChI=1S/C22H16O3/c23-20(16-9-3-1-4-10-16)15-21(24)18-13-7-8-14-19(18)22(25)17-11-5-2-6-12-17/h1-15,23H/p-1/b20-15-. The van der Waals surface area contributed by atoms with E-state index in [4.69, 9.17) is 0 Å². The Bertz CT molecular complexity index is 926. The second-order valence-electron chi connectivity index (χ2n) is 5.48. The van der Waals surface area contributed by atoms with Crippen LogP contribution in [0.25, 0.3) is 5.76 Å². The number of carbonyl (C=O) groups is 2. The van der Waals surface area contributed by atoms with Crippen LogP contribution < -0.4 is 5.11 Å². The lowest BCUT2D eigenvalue weighted by Gasteiger charge is -2.12. The molecule has 0 aliphatic heterocycles. The summed E-state index contributed by atoms with van der Waals surface area (Å²) >= 11 is 0. The van der Waals surface area contributed by atoms with Crippen molar-refractivity contribution in [2.75, 3.05) is 0 Å². The molecule has 3 aromatic rings. The molecule has 0 radical (unpaired) electrons. The van der Waals surface area contributed by atoms with Crippen LogP contribution in [0, 0.1) is 0 Å². The van der Waals surface area contributed by atoms with E-state index in [1.807, 2.05) is 6.07 Å². The first-order valence-corrected chi connectivity index (χ1v) is 7.84. The molecule has 0 heterocycles. The molecule has 3 aromatic carbocycles. The van der Waals surface area contributed by atoms with Crippen molar-refractivity contribution < 1.29 is 14.7 Å². The highest BCUT2D eigenvalue weighted by Gasteiger charge is 2.16. The van der Waals surface area contributed by atoms with E-state index in [2.05, 4.69) is 0 Å². The average Bonchev–Trinajstić information content (AvgIpc) is 2.68. The molecule has 0 aliphatic rings. The van der Waals surface area contributed by atoms with Crippen molar-refractivity contribution in [3.63, 3.8) is 0 Å². The highest BCUT2D eigenvalue weighted by Crippen LogP contribution is 2.17. The molecule has 0 saturated heterocycles. The van der Waals surface area contributed by atoms with Gasteiger partial charge < -0.3 is 5.11 Å². The maximum Gasteiger partial charge on any atom is 0.193 e. The Balaban J connectivity index is 1.96. The molecule has 0 amide bonds. The Hall–Kier alpha value is -3.46. The van der Waals surface area contributed by atoms with Crippen LogP contribution in [-0.2, 0) is 0 Å². The van der Waals surface area contributed by atoms with Gasteiger partial charge in [-0.15, -0.1) is 0 Å². The van der Waals surface area contributed by atoms with Crippen LogP contribution >= 0.6 is 0 Å². The summed E-state index contributed by atoms with van der Waals surface area (Å²) in [4.78, 5) is 25.2. The minimum atomic E-state index is -0.478. The molecule has 122 valence electrons. The first-order valence-electron chi connectivity index (χ1n) is 7.84. The number of allylic oxidation sites excluding steroid dienone is 1. The van der Waals surface area contributed by atoms with E-state index in [9.17, 15) is 14.7 Å². The third kappa shape index (κ3) is 3.72. The molecule has 0 unspecified atom stereocenters. The van der Waals surface area contributed by atoms with Gasteiger partial charge in [0, 0.05) is 16.7 Å². The maximum absolute atomic E-state index is 12.7. The third-order valence-corrected chi connectivity index (χ3v) is 3.79. The highest BCUT2D eigenvalue weighted by atomic mass is 16.3. The van der Waals surface area contributed by atoms with Gasteiger partial charge in [-0.05, 0) is 11.6 Å². The third-order valence-electron chi connectivity index (χ3n) is 3.79. The molecule has 0 spiro atoms. The zero-order valence-electron chi connectivity index (χ0n) is 13.4. The number of hydrogen-bond donors (Lipinski definition) is 0. The summed E-state index contributed by atoms with van der Waals surface area (Å²) in [6.45, 7) is 0. The Morgan fingerprint density at radius 1 is 0.640 bits per heavy atom. The summed E-state index contributed by atoms with van der Waals surface area (Å²) < 4.78 is 0. The minimum Gasteiger partial charge on any atom is -0.872 e. The molecule has 0 saturated carbocycles. The first-order chi connectivity index (χ1) is 12.2. The van der Waals surface area contributed by atoms with Crippen molar-refractivity contribution in [3.05, 3.63) is 113 Å². The topological polar surface area (TPSA) is 57.2 Å². The van der Waals surface area contributed by atoms with Crippen LogP contribution in [0.4, 0.5) is 0 Å². The normalized spacial score (nSPS) is 11.1. The van der Waals surface area contributed by atoms with E-state index in [-0.39, 0.29) is 22.7 Å². The lowest BCUT2D eigenvalue weighted by atomic mass is 9.95. The number of carbonyl (C=O) groups excluding carboxylic acids is 2. The quantitative estimate of drug-likeness (QED) is 0.409. The second kappa shape index (κ2) is 7.41. The van der Waals surface area contributed by atoms with Crippen LogP contribution in [0.5, 0.6) is 0 Å².